The van der Waals surface area contributed by atoms with Crippen LogP contribution in [-0.4, -0.2) is 30.2 Å². The molecule has 0 unspecified atom stereocenters. The minimum absolute atomic E-state index is 0.0670. The molecule has 5 rings (SSSR count). The van der Waals surface area contributed by atoms with Crippen LogP contribution in [0.4, 0.5) is 11.4 Å². The first kappa shape index (κ1) is 27.1. The number of hydrogen-bond donors (Lipinski definition) is 0. The molecular formula is C25H12Cl6N2O5. The van der Waals surface area contributed by atoms with E-state index in [-0.39, 0.29) is 61.5 Å². The fourth-order valence-corrected chi connectivity index (χ4v) is 5.64. The second-order valence-electron chi connectivity index (χ2n) is 8.37. The van der Waals surface area contributed by atoms with E-state index in [1.54, 1.807) is 18.2 Å². The molecule has 1 saturated heterocycles. The fourth-order valence-electron chi connectivity index (χ4n) is 4.24. The summed E-state index contributed by atoms with van der Waals surface area (Å²) in [4.78, 5) is 53.6. The topological polar surface area (TPSA) is 84.0 Å². The average molecular weight is 633 g/mol. The van der Waals surface area contributed by atoms with Crippen molar-refractivity contribution in [1.82, 2.24) is 0 Å². The first-order chi connectivity index (χ1) is 18.0. The number of halogens is 6. The van der Waals surface area contributed by atoms with Gasteiger partial charge >= 0.3 is 5.97 Å². The molecule has 3 aromatic carbocycles. The number of anilines is 2. The zero-order chi connectivity index (χ0) is 27.5. The van der Waals surface area contributed by atoms with Crippen LogP contribution in [0.15, 0.2) is 42.5 Å². The van der Waals surface area contributed by atoms with Crippen molar-refractivity contribution in [2.45, 2.75) is 6.42 Å². The van der Waals surface area contributed by atoms with E-state index in [9.17, 15) is 19.2 Å². The van der Waals surface area contributed by atoms with Crippen LogP contribution in [0.25, 0.3) is 0 Å². The first-order valence-electron chi connectivity index (χ1n) is 10.8. The van der Waals surface area contributed by atoms with Crippen molar-refractivity contribution in [2.24, 2.45) is 5.92 Å². The van der Waals surface area contributed by atoms with Crippen molar-refractivity contribution in [3.05, 3.63) is 83.7 Å². The van der Waals surface area contributed by atoms with E-state index in [2.05, 4.69) is 0 Å². The third kappa shape index (κ3) is 4.51. The average Bonchev–Trinajstić information content (AvgIpc) is 3.40. The van der Waals surface area contributed by atoms with Gasteiger partial charge in [0.2, 0.25) is 5.91 Å². The molecule has 3 amide bonds. The van der Waals surface area contributed by atoms with Gasteiger partial charge in [0, 0.05) is 18.0 Å². The Labute approximate surface area is 245 Å². The molecule has 7 nitrogen and oxygen atoms in total. The van der Waals surface area contributed by atoms with Gasteiger partial charge in [0.05, 0.1) is 53.5 Å². The SMILES string of the molecule is O=C(Oc1ccc(N2C(=O)c3c(Cl)c(Cl)c(Cl)c(Cl)c3C2=O)cc1)[C@H]1CC(=O)N(c2cc(Cl)ccc2Cl)C1. The summed E-state index contributed by atoms with van der Waals surface area (Å²) < 4.78 is 5.45. The molecule has 0 saturated carbocycles. The van der Waals surface area contributed by atoms with Crippen LogP contribution in [0, 0.1) is 5.92 Å². The lowest BCUT2D eigenvalue weighted by molar-refractivity contribution is -0.139. The van der Waals surface area contributed by atoms with E-state index < -0.39 is 23.7 Å². The van der Waals surface area contributed by atoms with Gasteiger partial charge in [-0.2, -0.15) is 0 Å². The number of amides is 3. The lowest BCUT2D eigenvalue weighted by Crippen LogP contribution is -2.29. The Morgan fingerprint density at radius 1 is 0.789 bits per heavy atom. The van der Waals surface area contributed by atoms with Gasteiger partial charge in [0.25, 0.3) is 11.8 Å². The number of nitrogens with zero attached hydrogens (tertiary/aromatic N) is 2. The van der Waals surface area contributed by atoms with E-state index in [1.165, 1.54) is 29.2 Å². The van der Waals surface area contributed by atoms with Gasteiger partial charge in [-0.25, -0.2) is 4.90 Å². The van der Waals surface area contributed by atoms with E-state index in [0.29, 0.717) is 15.7 Å². The highest BCUT2D eigenvalue weighted by atomic mass is 35.5. The predicted octanol–water partition coefficient (Wildman–Crippen LogP) is 7.37. The minimum atomic E-state index is -0.743. The van der Waals surface area contributed by atoms with E-state index >= 15 is 0 Å². The Kier molecular flexibility index (Phi) is 7.28. The predicted molar refractivity (Wildman–Crippen MR) is 147 cm³/mol. The first-order valence-corrected chi connectivity index (χ1v) is 13.1. The number of imide groups is 1. The van der Waals surface area contributed by atoms with Crippen molar-refractivity contribution in [3.63, 3.8) is 0 Å². The summed E-state index contributed by atoms with van der Waals surface area (Å²) in [6, 6.07) is 10.3. The molecule has 194 valence electrons. The summed E-state index contributed by atoms with van der Waals surface area (Å²) in [5.41, 5.74) is 0.282. The molecule has 2 aliphatic rings. The Balaban J connectivity index is 1.32. The third-order valence-corrected chi connectivity index (χ3v) is 8.43. The highest BCUT2D eigenvalue weighted by Crippen LogP contribution is 2.45. The molecule has 0 aromatic heterocycles. The summed E-state index contributed by atoms with van der Waals surface area (Å²) in [6.45, 7) is 0.0670. The number of carbonyl (C=O) groups excluding carboxylic acids is 4. The maximum atomic E-state index is 13.0. The van der Waals surface area contributed by atoms with Gasteiger partial charge in [-0.3, -0.25) is 19.2 Å². The molecule has 2 heterocycles. The minimum Gasteiger partial charge on any atom is -0.426 e. The van der Waals surface area contributed by atoms with Crippen molar-refractivity contribution in [2.75, 3.05) is 16.3 Å². The maximum absolute atomic E-state index is 13.0. The maximum Gasteiger partial charge on any atom is 0.316 e. The van der Waals surface area contributed by atoms with Crippen LogP contribution < -0.4 is 14.5 Å². The molecule has 0 spiro atoms. The zero-order valence-corrected chi connectivity index (χ0v) is 23.3. The number of hydrogen-bond acceptors (Lipinski definition) is 5. The van der Waals surface area contributed by atoms with Gasteiger partial charge < -0.3 is 9.64 Å². The Morgan fingerprint density at radius 3 is 1.95 bits per heavy atom. The quantitative estimate of drug-likeness (QED) is 0.0986. The van der Waals surface area contributed by atoms with Gasteiger partial charge in [0.1, 0.15) is 5.75 Å². The summed E-state index contributed by atoms with van der Waals surface area (Å²) >= 11 is 36.7. The fraction of sp³-hybridized carbons (Fsp3) is 0.120. The zero-order valence-electron chi connectivity index (χ0n) is 18.7. The summed E-state index contributed by atoms with van der Waals surface area (Å²) in [5, 5.41) is 0.0981. The smallest absolute Gasteiger partial charge is 0.316 e. The van der Waals surface area contributed by atoms with Crippen molar-refractivity contribution in [1.29, 1.82) is 0 Å². The van der Waals surface area contributed by atoms with Gasteiger partial charge in [-0.05, 0) is 42.5 Å². The third-order valence-electron chi connectivity index (χ3n) is 6.07. The molecule has 0 N–H and O–H groups in total. The summed E-state index contributed by atoms with van der Waals surface area (Å²) in [5.74, 6) is -2.99. The molecule has 13 heteroatoms. The highest BCUT2D eigenvalue weighted by Gasteiger charge is 2.42. The van der Waals surface area contributed by atoms with Crippen LogP contribution in [0.3, 0.4) is 0 Å². The van der Waals surface area contributed by atoms with E-state index in [1.807, 2.05) is 0 Å². The van der Waals surface area contributed by atoms with E-state index in [4.69, 9.17) is 74.3 Å². The molecule has 1 fully saturated rings. The second kappa shape index (κ2) is 10.2. The Morgan fingerprint density at radius 2 is 1.37 bits per heavy atom. The Hall–Kier alpha value is -2.52. The van der Waals surface area contributed by atoms with Gasteiger partial charge in [-0.15, -0.1) is 0 Å². The lowest BCUT2D eigenvalue weighted by Gasteiger charge is -2.18. The molecule has 2 aliphatic heterocycles. The Bertz CT molecular complexity index is 1510. The van der Waals surface area contributed by atoms with Crippen LogP contribution >= 0.6 is 69.6 Å². The van der Waals surface area contributed by atoms with Gasteiger partial charge in [-0.1, -0.05) is 69.6 Å². The molecule has 0 bridgehead atoms. The number of carbonyl (C=O) groups is 4. The van der Waals surface area contributed by atoms with Crippen LogP contribution in [0.1, 0.15) is 27.1 Å². The molecule has 0 aliphatic carbocycles. The normalized spacial score (nSPS) is 16.9. The molecule has 38 heavy (non-hydrogen) atoms. The number of esters is 1. The number of fused-ring (bicyclic) bond motifs is 1. The monoisotopic (exact) mass is 630 g/mol. The van der Waals surface area contributed by atoms with Crippen LogP contribution in [0.2, 0.25) is 30.1 Å². The molecule has 1 atom stereocenters. The summed E-state index contributed by atoms with van der Waals surface area (Å²) in [7, 11) is 0. The standard InChI is InChI=1S/C25H12Cl6N2O5/c26-11-1-6-14(27)15(8-11)32-9-10(7-16(32)34)25(37)38-13-4-2-12(3-5-13)33-23(35)17-18(24(33)36)20(29)22(31)21(30)19(17)28/h1-6,8,10H,7,9H2/t10-/m0/s1. The molecule has 0 radical (unpaired) electrons. The van der Waals surface area contributed by atoms with Crippen molar-refractivity contribution >= 4 is 105 Å². The van der Waals surface area contributed by atoms with Gasteiger partial charge in [0.15, 0.2) is 0 Å². The second-order valence-corrected chi connectivity index (χ2v) is 10.7. The largest absolute Gasteiger partial charge is 0.426 e. The summed E-state index contributed by atoms with van der Waals surface area (Å²) in [6.07, 6.45) is -0.0680. The van der Waals surface area contributed by atoms with Crippen molar-refractivity contribution in [3.8, 4) is 5.75 Å². The van der Waals surface area contributed by atoms with Crippen molar-refractivity contribution < 1.29 is 23.9 Å². The number of rotatable bonds is 4. The lowest BCUT2D eigenvalue weighted by atomic mass is 10.1. The number of benzene rings is 3. The highest BCUT2D eigenvalue weighted by molar-refractivity contribution is 6.56. The molecule has 3 aromatic rings. The number of ether oxygens (including phenoxy) is 1. The van der Waals surface area contributed by atoms with Crippen LogP contribution in [0.5, 0.6) is 5.75 Å². The van der Waals surface area contributed by atoms with E-state index in [0.717, 1.165) is 4.90 Å². The molecular weight excluding hydrogens is 621 g/mol. The van der Waals surface area contributed by atoms with Crippen LogP contribution in [-0.2, 0) is 9.59 Å².